The van der Waals surface area contributed by atoms with Crippen molar-refractivity contribution in [3.63, 3.8) is 0 Å². The Bertz CT molecular complexity index is 5930. The Morgan fingerprint density at radius 2 is 0.917 bits per heavy atom. The molecule has 624 valence electrons. The molecule has 3 aliphatic rings. The lowest BCUT2D eigenvalue weighted by Crippen LogP contribution is -2.29. The summed E-state index contributed by atoms with van der Waals surface area (Å²) >= 11 is 0. The van der Waals surface area contributed by atoms with E-state index in [1.807, 2.05) is 133 Å². The van der Waals surface area contributed by atoms with E-state index >= 15 is 0 Å². The maximum atomic E-state index is 11.6. The number of hydrogen-bond donors (Lipinski definition) is 13. The van der Waals surface area contributed by atoms with Crippen LogP contribution in [0.5, 0.6) is 0 Å². The van der Waals surface area contributed by atoms with Crippen molar-refractivity contribution in [2.75, 3.05) is 89.2 Å². The monoisotopic (exact) mass is 1650 g/mol. The van der Waals surface area contributed by atoms with Gasteiger partial charge in [-0.15, -0.1) is 0 Å². The molecule has 35 nitrogen and oxygen atoms in total. The zero-order chi connectivity index (χ0) is 84.5. The molecule has 3 aliphatic heterocycles. The maximum Gasteiger partial charge on any atom is 0.413 e. The van der Waals surface area contributed by atoms with Gasteiger partial charge in [0.2, 0.25) is 15.9 Å². The van der Waals surface area contributed by atoms with Crippen molar-refractivity contribution in [3.8, 4) is 0 Å². The average molecular weight is 1650 g/mol. The van der Waals surface area contributed by atoms with Crippen LogP contribution in [0, 0.1) is 0 Å². The first-order valence-electron chi connectivity index (χ1n) is 38.3. The van der Waals surface area contributed by atoms with Crippen LogP contribution in [0.4, 0.5) is 49.4 Å². The zero-order valence-corrected chi connectivity index (χ0v) is 68.1. The SMILES string of the molecule is CC(=O)Nc1ccc2c(c1)N(Cc1cnc[nH]1)CCC2.COC(=O)N(C)c1ccc2ccn(Cc3cnc[nH]3)c2c1.COC(=O)Nc1ccc2ccn(Cc3cnc[nH]3)c2c1.CON.CS(=O)(=O)Nc1ccc2ccn(Cc3cnc[nH]3)c2c1.NC(=NO)c1ccc2c(c1)N(Cc1cnc[nH]1)CC2.NCc1ccc2c(c1)N(Cc1cnc[nH]1)CC2. The summed E-state index contributed by atoms with van der Waals surface area (Å²) in [6.45, 7) is 9.75. The number of ether oxygens (including phenoxy) is 2. The third-order valence-electron chi connectivity index (χ3n) is 19.8. The first-order chi connectivity index (χ1) is 58.2. The number of nitrogens with one attached hydrogen (secondary N) is 9. The number of amides is 3. The third kappa shape index (κ3) is 23.0. The van der Waals surface area contributed by atoms with Crippen molar-refractivity contribution in [1.29, 1.82) is 0 Å². The fourth-order valence-electron chi connectivity index (χ4n) is 14.0. The highest BCUT2D eigenvalue weighted by Crippen LogP contribution is 2.34. The number of aromatic amines is 6. The molecule has 15 aromatic rings. The van der Waals surface area contributed by atoms with Crippen LogP contribution in [-0.2, 0) is 94.2 Å². The molecule has 12 heterocycles. The van der Waals surface area contributed by atoms with E-state index in [1.165, 1.54) is 66.8 Å². The minimum atomic E-state index is -3.27. The van der Waals surface area contributed by atoms with Crippen LogP contribution in [0.1, 0.15) is 75.3 Å². The van der Waals surface area contributed by atoms with E-state index in [-0.39, 0.29) is 17.8 Å². The smallest absolute Gasteiger partial charge is 0.413 e. The van der Waals surface area contributed by atoms with E-state index in [0.29, 0.717) is 37.6 Å². The lowest BCUT2D eigenvalue weighted by Gasteiger charge is -2.31. The van der Waals surface area contributed by atoms with E-state index < -0.39 is 16.1 Å². The summed E-state index contributed by atoms with van der Waals surface area (Å²) in [4.78, 5) is 89.0. The topological polar surface area (TPSA) is 460 Å². The molecular formula is C84H98N26O9S. The van der Waals surface area contributed by atoms with E-state index in [0.717, 1.165) is 161 Å². The number of carbonyl (C=O) groups is 3. The minimum absolute atomic E-state index is 0.0409. The Morgan fingerprint density at radius 1 is 0.508 bits per heavy atom. The van der Waals surface area contributed by atoms with Crippen LogP contribution >= 0.6 is 0 Å². The van der Waals surface area contributed by atoms with Gasteiger partial charge in [0.1, 0.15) is 0 Å². The standard InChI is InChI=1S/C15H16N4O2.C15H18N4O.C14H14N4O2.C13H15N5O.C13H14N4O2S.C13H16N4.CH5NO/c1-18(15(20)21-2)13-4-3-11-5-6-19(14(11)7-13)9-12-8-16-10-17-12;1-11(20)18-13-5-4-12-3-2-6-19(15(12)7-13)9-14-8-16-10-17-14;1-20-14(19)17-11-3-2-10-4-5-18(13(10)6-11)8-12-7-15-9-16-12;14-13(17-19)10-2-1-9-3-4-18(12(9)5-10)7-11-6-15-8-16-11;1-20(18,19)16-11-3-2-10-4-5-17(13(10)6-11)8-12-7-14-9-15-12;14-6-10-1-2-11-3-4-17(13(11)5-10)8-12-7-15-9-16-12;1-3-2/h3-8,10H,9H2,1-2H3,(H,16,17);4-5,7-8,10H,2-3,6,9H2,1H3,(H,16,17)(H,18,20);2-7,9H,8H2,1H3,(H,15,16)(H,17,19);1-2,5-6,8,19H,3-4,7H2,(H2,14,17)(H,15,16);2-7,9,16H,8H2,1H3,(H,14,15);1-2,5,7,9H,3-4,6,8,14H2,(H,15,16);2H2,1H3. The summed E-state index contributed by atoms with van der Waals surface area (Å²) < 4.78 is 40.6. The second-order valence-electron chi connectivity index (χ2n) is 28.2. The van der Waals surface area contributed by atoms with Gasteiger partial charge in [0, 0.05) is 136 Å². The second kappa shape index (κ2) is 40.9. The summed E-state index contributed by atoms with van der Waals surface area (Å²) in [5.41, 5.74) is 33.3. The van der Waals surface area contributed by atoms with E-state index in [2.05, 4.69) is 150 Å². The number of nitrogens with two attached hydrogens (primary N) is 3. The second-order valence-corrected chi connectivity index (χ2v) is 30.0. The Kier molecular flexibility index (Phi) is 28.9. The fourth-order valence-corrected chi connectivity index (χ4v) is 14.6. The summed E-state index contributed by atoms with van der Waals surface area (Å²) in [5.74, 6) is 4.44. The molecule has 16 N–H and O–H groups in total. The number of benzene rings is 6. The van der Waals surface area contributed by atoms with Gasteiger partial charge in [-0.05, 0) is 143 Å². The van der Waals surface area contributed by atoms with Gasteiger partial charge in [-0.3, -0.25) is 19.7 Å². The Morgan fingerprint density at radius 3 is 1.37 bits per heavy atom. The molecule has 0 spiro atoms. The van der Waals surface area contributed by atoms with Crippen molar-refractivity contribution in [1.82, 2.24) is 73.5 Å². The zero-order valence-electron chi connectivity index (χ0n) is 67.3. The highest BCUT2D eigenvalue weighted by Gasteiger charge is 2.24. The van der Waals surface area contributed by atoms with Crippen molar-refractivity contribution >= 4 is 106 Å². The number of aromatic nitrogens is 15. The van der Waals surface area contributed by atoms with Gasteiger partial charge in [-0.1, -0.05) is 53.7 Å². The van der Waals surface area contributed by atoms with Crippen LogP contribution in [0.2, 0.25) is 0 Å². The number of sulfonamides is 1. The van der Waals surface area contributed by atoms with Gasteiger partial charge < -0.3 is 94.6 Å². The van der Waals surface area contributed by atoms with Crippen LogP contribution in [0.15, 0.2) is 226 Å². The maximum absolute atomic E-state index is 11.6. The number of rotatable bonds is 19. The number of hydrogen-bond acceptors (Lipinski definition) is 21. The normalized spacial score (nSPS) is 12.4. The molecule has 9 aromatic heterocycles. The first-order valence-corrected chi connectivity index (χ1v) is 40.2. The van der Waals surface area contributed by atoms with E-state index in [1.54, 1.807) is 69.7 Å². The highest BCUT2D eigenvalue weighted by atomic mass is 32.2. The number of imidazole rings is 6. The molecule has 0 saturated carbocycles. The molecule has 0 fully saturated rings. The average Bonchev–Trinajstić information content (AvgIpc) is 1.62. The lowest BCUT2D eigenvalue weighted by atomic mass is 10.0. The lowest BCUT2D eigenvalue weighted by molar-refractivity contribution is -0.114. The molecule has 0 saturated heterocycles. The number of amidine groups is 1. The molecule has 0 bridgehead atoms. The van der Waals surface area contributed by atoms with Gasteiger partial charge in [-0.2, -0.15) is 0 Å². The summed E-state index contributed by atoms with van der Waals surface area (Å²) in [5, 5.41) is 20.6. The number of aryl methyl sites for hydroxylation is 1. The summed E-state index contributed by atoms with van der Waals surface area (Å²) in [6.07, 6.45) is 31.6. The van der Waals surface area contributed by atoms with Crippen molar-refractivity contribution in [3.05, 3.63) is 283 Å². The minimum Gasteiger partial charge on any atom is -0.453 e. The summed E-state index contributed by atoms with van der Waals surface area (Å²) in [7, 11) is 2.54. The number of nitrogens with zero attached hydrogens (tertiary/aromatic N) is 14. The first kappa shape index (κ1) is 84.9. The van der Waals surface area contributed by atoms with Gasteiger partial charge in [0.15, 0.2) is 5.84 Å². The van der Waals surface area contributed by atoms with Crippen LogP contribution in [-0.4, -0.2) is 165 Å². The van der Waals surface area contributed by atoms with Gasteiger partial charge in [0.05, 0.1) is 161 Å². The van der Waals surface area contributed by atoms with Crippen molar-refractivity contribution in [2.45, 2.75) is 78.4 Å². The molecule has 18 rings (SSSR count). The third-order valence-corrected chi connectivity index (χ3v) is 20.4. The fraction of sp³-hybridized carbons (Fsp3) is 0.238. The molecule has 0 radical (unpaired) electrons. The molecule has 0 aliphatic carbocycles. The van der Waals surface area contributed by atoms with E-state index in [9.17, 15) is 22.8 Å². The number of carbonyl (C=O) groups excluding carboxylic acids is 3. The number of anilines is 7. The molecule has 3 amide bonds. The summed E-state index contributed by atoms with van der Waals surface area (Å²) in [6, 6.07) is 41.7. The number of fused-ring (bicyclic) bond motifs is 6. The molecule has 36 heteroatoms. The Labute approximate surface area is 692 Å². The van der Waals surface area contributed by atoms with Crippen LogP contribution in [0.25, 0.3) is 32.7 Å². The Hall–Kier alpha value is -14.5. The van der Waals surface area contributed by atoms with E-state index in [4.69, 9.17) is 21.4 Å². The number of oxime groups is 1. The van der Waals surface area contributed by atoms with Crippen LogP contribution < -0.4 is 52.3 Å². The number of H-pyrrole nitrogens is 6. The molecule has 0 unspecified atom stereocenters. The van der Waals surface area contributed by atoms with Gasteiger partial charge in [0.25, 0.3) is 0 Å². The quantitative estimate of drug-likeness (QED) is 0.0155. The largest absolute Gasteiger partial charge is 0.453 e. The predicted octanol–water partition coefficient (Wildman–Crippen LogP) is 11.3. The van der Waals surface area contributed by atoms with Gasteiger partial charge >= 0.3 is 12.2 Å². The van der Waals surface area contributed by atoms with Crippen molar-refractivity contribution in [2.24, 2.45) is 22.5 Å². The van der Waals surface area contributed by atoms with Gasteiger partial charge in [-0.25, -0.2) is 53.8 Å². The predicted molar refractivity (Wildman–Crippen MR) is 464 cm³/mol. The molecule has 120 heavy (non-hydrogen) atoms. The highest BCUT2D eigenvalue weighted by molar-refractivity contribution is 7.92. The molecule has 6 aromatic carbocycles. The Balaban J connectivity index is 0.000000131. The molecule has 0 atom stereocenters. The van der Waals surface area contributed by atoms with Crippen molar-refractivity contribution < 1.29 is 42.3 Å². The van der Waals surface area contributed by atoms with Crippen LogP contribution in [0.3, 0.4) is 0 Å². The molecular weight excluding hydrogens is 1550 g/mol. The number of methoxy groups -OCH3 is 2.